The van der Waals surface area contributed by atoms with Gasteiger partial charge in [-0.1, -0.05) is 16.8 Å². The Bertz CT molecular complexity index is 1090. The van der Waals surface area contributed by atoms with Crippen LogP contribution in [0.3, 0.4) is 0 Å². The van der Waals surface area contributed by atoms with Crippen LogP contribution in [0.4, 0.5) is 11.4 Å². The summed E-state index contributed by atoms with van der Waals surface area (Å²) in [6, 6.07) is 3.75. The number of carbonyl (C=O) groups excluding carboxylic acids is 2. The molecule has 11 heteroatoms. The Hall–Kier alpha value is -3.27. The molecule has 1 aromatic carbocycles. The highest BCUT2D eigenvalue weighted by Crippen LogP contribution is 2.38. The lowest BCUT2D eigenvalue weighted by Gasteiger charge is -2.15. The van der Waals surface area contributed by atoms with Gasteiger partial charge in [-0.05, 0) is 26.0 Å². The van der Waals surface area contributed by atoms with Gasteiger partial charge >= 0.3 is 0 Å². The lowest BCUT2D eigenvalue weighted by Crippen LogP contribution is -2.33. The monoisotopic (exact) mass is 403 g/mol. The summed E-state index contributed by atoms with van der Waals surface area (Å²) in [5, 5.41) is 19.3. The second-order valence-electron chi connectivity index (χ2n) is 6.55. The van der Waals surface area contributed by atoms with Gasteiger partial charge in [0.1, 0.15) is 16.7 Å². The smallest absolute Gasteiger partial charge is 0.289 e. The molecule has 0 N–H and O–H groups in total. The molecule has 0 unspecified atom stereocenters. The molecule has 28 heavy (non-hydrogen) atoms. The summed E-state index contributed by atoms with van der Waals surface area (Å²) in [5.74, 6) is -2.14. The van der Waals surface area contributed by atoms with Crippen LogP contribution < -0.4 is 4.90 Å². The van der Waals surface area contributed by atoms with E-state index in [1.165, 1.54) is 12.1 Å². The van der Waals surface area contributed by atoms with E-state index in [-0.39, 0.29) is 10.7 Å². The Morgan fingerprint density at radius 2 is 1.96 bits per heavy atom. The van der Waals surface area contributed by atoms with E-state index in [9.17, 15) is 19.7 Å². The Balaban J connectivity index is 1.76. The van der Waals surface area contributed by atoms with Crippen molar-refractivity contribution >= 4 is 40.5 Å². The normalized spacial score (nSPS) is 21.0. The number of imide groups is 1. The lowest BCUT2D eigenvalue weighted by molar-refractivity contribution is -0.384. The van der Waals surface area contributed by atoms with Gasteiger partial charge in [-0.3, -0.25) is 24.4 Å². The van der Waals surface area contributed by atoms with Gasteiger partial charge < -0.3 is 4.84 Å². The Morgan fingerprint density at radius 1 is 1.25 bits per heavy atom. The number of nitro benzene ring substituents is 1. The Labute approximate surface area is 163 Å². The number of anilines is 1. The first-order valence-corrected chi connectivity index (χ1v) is 8.66. The number of carbonyl (C=O) groups is 2. The van der Waals surface area contributed by atoms with E-state index in [1.54, 1.807) is 18.7 Å². The third kappa shape index (κ3) is 2.41. The van der Waals surface area contributed by atoms with E-state index in [2.05, 4.69) is 10.3 Å². The van der Waals surface area contributed by atoms with Crippen LogP contribution >= 0.6 is 11.6 Å². The van der Waals surface area contributed by atoms with Gasteiger partial charge in [-0.15, -0.1) is 0 Å². The lowest BCUT2D eigenvalue weighted by atomic mass is 9.93. The molecule has 2 atom stereocenters. The first kappa shape index (κ1) is 18.1. The van der Waals surface area contributed by atoms with Crippen LogP contribution in [0.2, 0.25) is 5.02 Å². The molecule has 2 aliphatic rings. The zero-order valence-electron chi connectivity index (χ0n) is 15.0. The highest BCUT2D eigenvalue weighted by Gasteiger charge is 2.57. The zero-order chi connectivity index (χ0) is 20.3. The molecule has 0 radical (unpaired) electrons. The van der Waals surface area contributed by atoms with Crippen LogP contribution in [-0.2, 0) is 21.5 Å². The molecule has 0 aliphatic carbocycles. The van der Waals surface area contributed by atoms with Crippen molar-refractivity contribution in [1.29, 1.82) is 0 Å². The second-order valence-corrected chi connectivity index (χ2v) is 6.96. The van der Waals surface area contributed by atoms with Gasteiger partial charge in [0.05, 0.1) is 16.3 Å². The third-order valence-corrected chi connectivity index (χ3v) is 5.28. The number of hydrogen-bond donors (Lipinski definition) is 0. The molecule has 1 saturated heterocycles. The van der Waals surface area contributed by atoms with Crippen LogP contribution in [0.5, 0.6) is 0 Å². The van der Waals surface area contributed by atoms with E-state index in [0.29, 0.717) is 17.0 Å². The van der Waals surface area contributed by atoms with Crippen molar-refractivity contribution in [2.75, 3.05) is 4.90 Å². The molecule has 0 bridgehead atoms. The number of nitro groups is 1. The zero-order valence-corrected chi connectivity index (χ0v) is 15.8. The Morgan fingerprint density at radius 3 is 2.57 bits per heavy atom. The largest absolute Gasteiger partial charge is 0.381 e. The SMILES string of the molecule is Cc1nn(C)c(C)c1C1=NO[C@@H]2C(=O)N(c3ccc(Cl)c([N+](=O)[O-])c3)C(=O)[C@H]12. The third-order valence-electron chi connectivity index (χ3n) is 4.96. The van der Waals surface area contributed by atoms with Crippen LogP contribution in [0.15, 0.2) is 23.4 Å². The minimum Gasteiger partial charge on any atom is -0.381 e. The number of amides is 2. The number of hydrogen-bond acceptors (Lipinski definition) is 7. The van der Waals surface area contributed by atoms with Crippen molar-refractivity contribution in [3.8, 4) is 0 Å². The first-order valence-electron chi connectivity index (χ1n) is 8.28. The fourth-order valence-corrected chi connectivity index (χ4v) is 3.75. The number of aromatic nitrogens is 2. The molecule has 2 aromatic rings. The van der Waals surface area contributed by atoms with Crippen molar-refractivity contribution in [2.45, 2.75) is 20.0 Å². The van der Waals surface area contributed by atoms with E-state index in [0.717, 1.165) is 16.7 Å². The molecule has 2 aliphatic heterocycles. The van der Waals surface area contributed by atoms with E-state index < -0.39 is 34.4 Å². The first-order chi connectivity index (χ1) is 13.2. The molecule has 0 saturated carbocycles. The van der Waals surface area contributed by atoms with E-state index >= 15 is 0 Å². The number of fused-ring (bicyclic) bond motifs is 1. The summed E-state index contributed by atoms with van der Waals surface area (Å²) in [6.45, 7) is 3.60. The summed E-state index contributed by atoms with van der Waals surface area (Å²) in [4.78, 5) is 42.5. The van der Waals surface area contributed by atoms with Crippen molar-refractivity contribution in [3.05, 3.63) is 50.3 Å². The van der Waals surface area contributed by atoms with Gasteiger partial charge in [-0.25, -0.2) is 4.90 Å². The van der Waals surface area contributed by atoms with Crippen LogP contribution in [-0.4, -0.2) is 38.3 Å². The maximum atomic E-state index is 13.1. The molecule has 0 spiro atoms. The number of oxime groups is 1. The molecule has 10 nitrogen and oxygen atoms in total. The van der Waals surface area contributed by atoms with Crippen molar-refractivity contribution in [3.63, 3.8) is 0 Å². The molecule has 1 aromatic heterocycles. The highest BCUT2D eigenvalue weighted by molar-refractivity contribution is 6.34. The summed E-state index contributed by atoms with van der Waals surface area (Å²) >= 11 is 5.82. The Kier molecular flexibility index (Phi) is 3.96. The van der Waals surface area contributed by atoms with Crippen LogP contribution in [0, 0.1) is 29.9 Å². The fourth-order valence-electron chi connectivity index (χ4n) is 3.56. The van der Waals surface area contributed by atoms with Crippen LogP contribution in [0.25, 0.3) is 0 Å². The number of aryl methyl sites for hydroxylation is 2. The van der Waals surface area contributed by atoms with Gasteiger partial charge in [0.25, 0.3) is 11.6 Å². The summed E-state index contributed by atoms with van der Waals surface area (Å²) in [7, 11) is 1.76. The van der Waals surface area contributed by atoms with Crippen molar-refractivity contribution in [1.82, 2.24) is 9.78 Å². The van der Waals surface area contributed by atoms with Crippen molar-refractivity contribution in [2.24, 2.45) is 18.1 Å². The average Bonchev–Trinajstić information content (AvgIpc) is 3.24. The maximum Gasteiger partial charge on any atom is 0.289 e. The minimum atomic E-state index is -1.11. The number of benzene rings is 1. The molecule has 4 rings (SSSR count). The summed E-state index contributed by atoms with van der Waals surface area (Å²) in [6.07, 6.45) is -1.11. The average molecular weight is 404 g/mol. The van der Waals surface area contributed by atoms with Gasteiger partial charge in [0, 0.05) is 24.4 Å². The van der Waals surface area contributed by atoms with Gasteiger partial charge in [0.2, 0.25) is 12.0 Å². The molecule has 1 fully saturated rings. The summed E-state index contributed by atoms with van der Waals surface area (Å²) < 4.78 is 1.65. The molecular weight excluding hydrogens is 390 g/mol. The van der Waals surface area contributed by atoms with E-state index in [1.807, 2.05) is 6.92 Å². The van der Waals surface area contributed by atoms with Crippen LogP contribution in [0.1, 0.15) is 17.0 Å². The maximum absolute atomic E-state index is 13.1. The predicted octanol–water partition coefficient (Wildman–Crippen LogP) is 1.89. The highest BCUT2D eigenvalue weighted by atomic mass is 35.5. The molecular formula is C17H14ClN5O5. The number of nitrogens with zero attached hydrogens (tertiary/aromatic N) is 5. The van der Waals surface area contributed by atoms with E-state index in [4.69, 9.17) is 16.4 Å². The second kappa shape index (κ2) is 6.13. The quantitative estimate of drug-likeness (QED) is 0.438. The predicted molar refractivity (Wildman–Crippen MR) is 98.2 cm³/mol. The summed E-state index contributed by atoms with van der Waals surface area (Å²) in [5.41, 5.74) is 2.08. The minimum absolute atomic E-state index is 0.0584. The van der Waals surface area contributed by atoms with Gasteiger partial charge in [-0.2, -0.15) is 5.10 Å². The van der Waals surface area contributed by atoms with Gasteiger partial charge in [0.15, 0.2) is 0 Å². The van der Waals surface area contributed by atoms with Crippen molar-refractivity contribution < 1.29 is 19.3 Å². The molecule has 144 valence electrons. The standard InChI is InChI=1S/C17H14ClN5O5/c1-7-12(8(2)21(3)19-7)14-13-15(28-20-14)17(25)22(16(13)24)9-4-5-10(18)11(6-9)23(26)27/h4-6,13,15H,1-3H3/t13-,15+/m1/s1. The molecule has 3 heterocycles. The number of rotatable bonds is 3. The number of halogens is 1. The molecule has 2 amide bonds. The topological polar surface area (TPSA) is 120 Å². The fraction of sp³-hybridized carbons (Fsp3) is 0.294.